The van der Waals surface area contributed by atoms with E-state index in [-0.39, 0.29) is 5.82 Å². The molecule has 0 unspecified atom stereocenters. The third-order valence-electron chi connectivity index (χ3n) is 5.29. The van der Waals surface area contributed by atoms with Gasteiger partial charge in [0, 0.05) is 0 Å². The summed E-state index contributed by atoms with van der Waals surface area (Å²) in [7, 11) is 1.36. The summed E-state index contributed by atoms with van der Waals surface area (Å²) in [6, 6.07) is 21.3. The maximum atomic E-state index is 11.9. The number of aryl methyl sites for hydroxylation is 2. The third-order valence-corrected chi connectivity index (χ3v) is 5.29. The fraction of sp³-hybridized carbons (Fsp3) is 0.200. The van der Waals surface area contributed by atoms with Crippen molar-refractivity contribution in [3.05, 3.63) is 77.6 Å². The average Bonchev–Trinajstić information content (AvgIpc) is 3.21. The highest BCUT2D eigenvalue weighted by molar-refractivity contribution is 5.96. The normalized spacial score (nSPS) is 11.0. The van der Waals surface area contributed by atoms with E-state index < -0.39 is 5.97 Å². The van der Waals surface area contributed by atoms with Gasteiger partial charge in [-0.3, -0.25) is 0 Å². The van der Waals surface area contributed by atoms with Crippen molar-refractivity contribution >= 4 is 17.0 Å². The van der Waals surface area contributed by atoms with Gasteiger partial charge in [-0.15, -0.1) is 0 Å². The number of fused-ring (bicyclic) bond motifs is 1. The zero-order chi connectivity index (χ0) is 20.4. The van der Waals surface area contributed by atoms with Gasteiger partial charge < -0.3 is 9.72 Å². The van der Waals surface area contributed by atoms with Gasteiger partial charge in [0.15, 0.2) is 0 Å². The Morgan fingerprint density at radius 3 is 2.03 bits per heavy atom. The van der Waals surface area contributed by atoms with Gasteiger partial charge in [0.2, 0.25) is 5.82 Å². The van der Waals surface area contributed by atoms with E-state index in [1.54, 1.807) is 0 Å². The van der Waals surface area contributed by atoms with Gasteiger partial charge in [-0.25, -0.2) is 9.78 Å². The van der Waals surface area contributed by atoms with Gasteiger partial charge in [0.05, 0.1) is 18.1 Å². The number of ether oxygens (including phenoxy) is 1. The van der Waals surface area contributed by atoms with Crippen molar-refractivity contribution in [3.63, 3.8) is 0 Å². The second-order valence-corrected chi connectivity index (χ2v) is 7.10. The zero-order valence-electron chi connectivity index (χ0n) is 17.0. The summed E-state index contributed by atoms with van der Waals surface area (Å²) < 4.78 is 4.82. The number of aromatic nitrogens is 2. The molecule has 0 bridgehead atoms. The van der Waals surface area contributed by atoms with Gasteiger partial charge in [-0.2, -0.15) is 0 Å². The third kappa shape index (κ3) is 3.66. The number of rotatable bonds is 5. The van der Waals surface area contributed by atoms with E-state index >= 15 is 0 Å². The molecule has 4 rings (SSSR count). The molecule has 4 heteroatoms. The van der Waals surface area contributed by atoms with Crippen molar-refractivity contribution in [2.75, 3.05) is 7.11 Å². The number of H-pyrrole nitrogens is 1. The first-order valence-corrected chi connectivity index (χ1v) is 9.93. The minimum atomic E-state index is -0.467. The number of carbonyl (C=O) groups excluding carboxylic acids is 1. The van der Waals surface area contributed by atoms with Crippen LogP contribution in [0, 0.1) is 0 Å². The maximum absolute atomic E-state index is 11.9. The van der Waals surface area contributed by atoms with Crippen LogP contribution in [0.25, 0.3) is 33.3 Å². The van der Waals surface area contributed by atoms with Gasteiger partial charge in [-0.1, -0.05) is 62.4 Å². The molecule has 0 radical (unpaired) electrons. The first-order chi connectivity index (χ1) is 14.1. The molecule has 0 amide bonds. The van der Waals surface area contributed by atoms with Crippen molar-refractivity contribution in [2.45, 2.75) is 26.7 Å². The van der Waals surface area contributed by atoms with Crippen LogP contribution in [0.4, 0.5) is 0 Å². The van der Waals surface area contributed by atoms with Gasteiger partial charge in [-0.05, 0) is 58.4 Å². The number of methoxy groups -OCH3 is 1. The van der Waals surface area contributed by atoms with E-state index in [2.05, 4.69) is 84.5 Å². The van der Waals surface area contributed by atoms with Crippen LogP contribution < -0.4 is 0 Å². The van der Waals surface area contributed by atoms with Crippen molar-refractivity contribution in [2.24, 2.45) is 0 Å². The number of imidazole rings is 1. The van der Waals surface area contributed by atoms with Crippen LogP contribution in [-0.2, 0) is 17.6 Å². The van der Waals surface area contributed by atoms with Crippen molar-refractivity contribution in [1.29, 1.82) is 0 Å². The average molecular weight is 384 g/mol. The molecular weight excluding hydrogens is 360 g/mol. The Labute approximate surface area is 170 Å². The topological polar surface area (TPSA) is 55.0 Å². The lowest BCUT2D eigenvalue weighted by molar-refractivity contribution is 0.0588. The molecule has 1 heterocycles. The number of aromatic amines is 1. The first-order valence-electron chi connectivity index (χ1n) is 9.93. The molecular formula is C25H24N2O2. The quantitative estimate of drug-likeness (QED) is 0.442. The number of esters is 1. The Balaban J connectivity index is 1.98. The number of carbonyl (C=O) groups is 1. The van der Waals surface area contributed by atoms with E-state index in [9.17, 15) is 4.79 Å². The summed E-state index contributed by atoms with van der Waals surface area (Å²) in [5.41, 5.74) is 8.65. The smallest absolute Gasteiger partial charge is 0.374 e. The van der Waals surface area contributed by atoms with Crippen LogP contribution >= 0.6 is 0 Å². The molecule has 3 aromatic carbocycles. The predicted molar refractivity (Wildman–Crippen MR) is 117 cm³/mol. The second kappa shape index (κ2) is 7.92. The summed E-state index contributed by atoms with van der Waals surface area (Å²) in [6.07, 6.45) is 1.96. The van der Waals surface area contributed by atoms with Crippen LogP contribution in [0.2, 0.25) is 0 Å². The molecule has 146 valence electrons. The van der Waals surface area contributed by atoms with Crippen molar-refractivity contribution in [1.82, 2.24) is 9.97 Å². The molecule has 0 aliphatic heterocycles. The van der Waals surface area contributed by atoms with Crippen LogP contribution in [0.1, 0.15) is 35.6 Å². The zero-order valence-corrected chi connectivity index (χ0v) is 17.0. The molecule has 0 saturated heterocycles. The standard InChI is InChI=1S/C25H24N2O2/c1-4-16-8-6-10-18(12-16)20-14-22-23(27-24(26-22)25(28)29-3)15-21(20)19-11-7-9-17(5-2)13-19/h6-15H,4-5H2,1-3H3,(H,26,27). The molecule has 1 N–H and O–H groups in total. The summed E-state index contributed by atoms with van der Waals surface area (Å²) in [5.74, 6) is -0.250. The van der Waals surface area contributed by atoms with Crippen LogP contribution in [0.15, 0.2) is 60.7 Å². The molecule has 1 aromatic heterocycles. The van der Waals surface area contributed by atoms with E-state index in [0.29, 0.717) is 0 Å². The van der Waals surface area contributed by atoms with Crippen molar-refractivity contribution < 1.29 is 9.53 Å². The summed E-state index contributed by atoms with van der Waals surface area (Å²) in [4.78, 5) is 19.5. The Kier molecular flexibility index (Phi) is 5.17. The van der Waals surface area contributed by atoms with E-state index in [4.69, 9.17) is 4.74 Å². The lowest BCUT2D eigenvalue weighted by atomic mass is 9.92. The first kappa shape index (κ1) is 18.9. The fourth-order valence-electron chi connectivity index (χ4n) is 3.65. The Morgan fingerprint density at radius 1 is 0.897 bits per heavy atom. The lowest BCUT2D eigenvalue weighted by Gasteiger charge is -2.13. The summed E-state index contributed by atoms with van der Waals surface area (Å²) >= 11 is 0. The Morgan fingerprint density at radius 2 is 1.48 bits per heavy atom. The monoisotopic (exact) mass is 384 g/mol. The second-order valence-electron chi connectivity index (χ2n) is 7.10. The Hall–Kier alpha value is -3.40. The number of nitrogens with zero attached hydrogens (tertiary/aromatic N) is 1. The van der Waals surface area contributed by atoms with Crippen LogP contribution in [0.5, 0.6) is 0 Å². The fourth-order valence-corrected chi connectivity index (χ4v) is 3.65. The van der Waals surface area contributed by atoms with Crippen molar-refractivity contribution in [3.8, 4) is 22.3 Å². The minimum absolute atomic E-state index is 0.218. The van der Waals surface area contributed by atoms with E-state index in [1.807, 2.05) is 0 Å². The minimum Gasteiger partial charge on any atom is -0.463 e. The van der Waals surface area contributed by atoms with E-state index in [1.165, 1.54) is 18.2 Å². The van der Waals surface area contributed by atoms with Gasteiger partial charge in [0.1, 0.15) is 0 Å². The SMILES string of the molecule is CCc1cccc(-c2cc3nc(C(=O)OC)[nH]c3cc2-c2cccc(CC)c2)c1. The molecule has 0 fully saturated rings. The summed E-state index contributed by atoms with van der Waals surface area (Å²) in [6.45, 7) is 4.32. The molecule has 0 atom stereocenters. The molecule has 0 saturated carbocycles. The highest BCUT2D eigenvalue weighted by Crippen LogP contribution is 2.36. The van der Waals surface area contributed by atoms with Gasteiger partial charge >= 0.3 is 5.97 Å². The van der Waals surface area contributed by atoms with Gasteiger partial charge in [0.25, 0.3) is 0 Å². The predicted octanol–water partition coefficient (Wildman–Crippen LogP) is 5.81. The molecule has 0 aliphatic rings. The molecule has 29 heavy (non-hydrogen) atoms. The van der Waals surface area contributed by atoms with E-state index in [0.717, 1.165) is 46.1 Å². The number of hydrogen-bond acceptors (Lipinski definition) is 3. The highest BCUT2D eigenvalue weighted by atomic mass is 16.5. The molecule has 4 nitrogen and oxygen atoms in total. The molecule has 4 aromatic rings. The summed E-state index contributed by atoms with van der Waals surface area (Å²) in [5, 5.41) is 0. The lowest BCUT2D eigenvalue weighted by Crippen LogP contribution is -2.02. The number of nitrogens with one attached hydrogen (secondary N) is 1. The maximum Gasteiger partial charge on any atom is 0.374 e. The molecule has 0 spiro atoms. The highest BCUT2D eigenvalue weighted by Gasteiger charge is 2.16. The van der Waals surface area contributed by atoms with Crippen LogP contribution in [-0.4, -0.2) is 23.0 Å². The Bertz CT molecular complexity index is 1110. The largest absolute Gasteiger partial charge is 0.463 e. The van der Waals surface area contributed by atoms with Crippen LogP contribution in [0.3, 0.4) is 0 Å². The molecule has 0 aliphatic carbocycles. The number of hydrogen-bond donors (Lipinski definition) is 1. The number of benzene rings is 3.